The summed E-state index contributed by atoms with van der Waals surface area (Å²) in [5.41, 5.74) is 1.14. The molecule has 0 heterocycles. The van der Waals surface area contributed by atoms with Gasteiger partial charge in [-0.1, -0.05) is 6.07 Å². The number of carbonyl (C=O) groups excluding carboxylic acids is 1. The molecule has 1 fully saturated rings. The maximum absolute atomic E-state index is 11.1. The average Bonchev–Trinajstić information content (AvgIpc) is 2.57. The van der Waals surface area contributed by atoms with Crippen LogP contribution in [0.25, 0.3) is 0 Å². The second kappa shape index (κ2) is 3.73. The van der Waals surface area contributed by atoms with Crippen molar-refractivity contribution < 1.29 is 9.90 Å². The number of phenolic OH excluding ortho intramolecular Hbond substituents is 1. The maximum atomic E-state index is 11.1. The van der Waals surface area contributed by atoms with Crippen LogP contribution >= 0.6 is 15.9 Å². The average molecular weight is 255 g/mol. The first-order valence-electron chi connectivity index (χ1n) is 4.67. The molecule has 3 heteroatoms. The lowest BCUT2D eigenvalue weighted by Gasteiger charge is -2.09. The SMILES string of the molecule is O=C1CCC(c2ccc(O)c(Br)c2)C1. The lowest BCUT2D eigenvalue weighted by Crippen LogP contribution is -1.93. The summed E-state index contributed by atoms with van der Waals surface area (Å²) >= 11 is 3.27. The van der Waals surface area contributed by atoms with Gasteiger partial charge in [-0.3, -0.25) is 4.79 Å². The minimum Gasteiger partial charge on any atom is -0.507 e. The Hall–Kier alpha value is -0.830. The highest BCUT2D eigenvalue weighted by atomic mass is 79.9. The van der Waals surface area contributed by atoms with Crippen molar-refractivity contribution in [2.75, 3.05) is 0 Å². The Kier molecular flexibility index (Phi) is 2.59. The number of hydrogen-bond donors (Lipinski definition) is 1. The summed E-state index contributed by atoms with van der Waals surface area (Å²) in [7, 11) is 0. The van der Waals surface area contributed by atoms with Gasteiger partial charge in [0, 0.05) is 12.8 Å². The zero-order valence-electron chi connectivity index (χ0n) is 7.66. The molecule has 1 aromatic rings. The first-order valence-corrected chi connectivity index (χ1v) is 5.46. The lowest BCUT2D eigenvalue weighted by molar-refractivity contribution is -0.117. The topological polar surface area (TPSA) is 37.3 Å². The molecule has 1 aliphatic carbocycles. The molecule has 14 heavy (non-hydrogen) atoms. The molecule has 0 saturated heterocycles. The van der Waals surface area contributed by atoms with E-state index in [1.807, 2.05) is 12.1 Å². The van der Waals surface area contributed by atoms with Crippen molar-refractivity contribution in [1.82, 2.24) is 0 Å². The van der Waals surface area contributed by atoms with Crippen LogP contribution < -0.4 is 0 Å². The van der Waals surface area contributed by atoms with Crippen LogP contribution in [0.2, 0.25) is 0 Å². The third-order valence-electron chi connectivity index (χ3n) is 2.69. The fourth-order valence-electron chi connectivity index (χ4n) is 1.88. The number of rotatable bonds is 1. The quantitative estimate of drug-likeness (QED) is 0.837. The standard InChI is InChI=1S/C11H11BrO2/c12-10-6-8(2-4-11(10)14)7-1-3-9(13)5-7/h2,4,6-7,14H,1,3,5H2. The van der Waals surface area contributed by atoms with Crippen LogP contribution in [0.3, 0.4) is 0 Å². The second-order valence-corrected chi connectivity index (χ2v) is 4.54. The molecule has 2 rings (SSSR count). The van der Waals surface area contributed by atoms with Gasteiger partial charge in [-0.25, -0.2) is 0 Å². The van der Waals surface area contributed by atoms with E-state index in [2.05, 4.69) is 15.9 Å². The first-order chi connectivity index (χ1) is 6.66. The van der Waals surface area contributed by atoms with Gasteiger partial charge in [0.05, 0.1) is 4.47 Å². The van der Waals surface area contributed by atoms with Crippen LogP contribution in [0, 0.1) is 0 Å². The molecule has 1 unspecified atom stereocenters. The number of benzene rings is 1. The number of Topliss-reactive ketones (excluding diaryl/α,β-unsaturated/α-hetero) is 1. The van der Waals surface area contributed by atoms with Crippen LogP contribution in [0.4, 0.5) is 0 Å². The smallest absolute Gasteiger partial charge is 0.133 e. The van der Waals surface area contributed by atoms with Gasteiger partial charge in [-0.15, -0.1) is 0 Å². The lowest BCUT2D eigenvalue weighted by atomic mass is 9.98. The largest absolute Gasteiger partial charge is 0.507 e. The van der Waals surface area contributed by atoms with Gasteiger partial charge >= 0.3 is 0 Å². The van der Waals surface area contributed by atoms with Crippen molar-refractivity contribution in [3.05, 3.63) is 28.2 Å². The van der Waals surface area contributed by atoms with Crippen LogP contribution in [-0.2, 0) is 4.79 Å². The molecule has 0 aromatic heterocycles. The molecule has 1 saturated carbocycles. The van der Waals surface area contributed by atoms with E-state index in [1.165, 1.54) is 0 Å². The number of phenols is 1. The zero-order valence-corrected chi connectivity index (χ0v) is 9.25. The Morgan fingerprint density at radius 3 is 2.79 bits per heavy atom. The summed E-state index contributed by atoms with van der Waals surface area (Å²) in [6.45, 7) is 0. The predicted molar refractivity (Wildman–Crippen MR) is 57.4 cm³/mol. The minimum absolute atomic E-state index is 0.248. The highest BCUT2D eigenvalue weighted by molar-refractivity contribution is 9.10. The van der Waals surface area contributed by atoms with Crippen molar-refractivity contribution in [2.45, 2.75) is 25.2 Å². The Morgan fingerprint density at radius 1 is 1.43 bits per heavy atom. The second-order valence-electron chi connectivity index (χ2n) is 3.69. The van der Waals surface area contributed by atoms with Gasteiger partial charge in [0.1, 0.15) is 11.5 Å². The number of aromatic hydroxyl groups is 1. The van der Waals surface area contributed by atoms with Crippen molar-refractivity contribution >= 4 is 21.7 Å². The van der Waals surface area contributed by atoms with E-state index < -0.39 is 0 Å². The van der Waals surface area contributed by atoms with Gasteiger partial charge in [-0.2, -0.15) is 0 Å². The van der Waals surface area contributed by atoms with Crippen LogP contribution in [0.5, 0.6) is 5.75 Å². The van der Waals surface area contributed by atoms with E-state index in [1.54, 1.807) is 6.07 Å². The number of ketones is 1. The highest BCUT2D eigenvalue weighted by Gasteiger charge is 2.23. The maximum Gasteiger partial charge on any atom is 0.133 e. The van der Waals surface area contributed by atoms with E-state index >= 15 is 0 Å². The minimum atomic E-state index is 0.248. The molecule has 74 valence electrons. The third-order valence-corrected chi connectivity index (χ3v) is 3.32. The molecule has 0 bridgehead atoms. The Balaban J connectivity index is 2.24. The van der Waals surface area contributed by atoms with E-state index in [0.717, 1.165) is 12.0 Å². The fourth-order valence-corrected chi connectivity index (χ4v) is 2.27. The number of carbonyl (C=O) groups is 1. The molecular formula is C11H11BrO2. The van der Waals surface area contributed by atoms with Gasteiger partial charge in [0.15, 0.2) is 0 Å². The van der Waals surface area contributed by atoms with Crippen molar-refractivity contribution in [2.24, 2.45) is 0 Å². The third kappa shape index (κ3) is 1.82. The van der Waals surface area contributed by atoms with Crippen molar-refractivity contribution in [3.63, 3.8) is 0 Å². The molecule has 1 aliphatic rings. The summed E-state index contributed by atoms with van der Waals surface area (Å²) < 4.78 is 0.703. The Labute approximate surface area is 91.1 Å². The molecule has 2 nitrogen and oxygen atoms in total. The fraction of sp³-hybridized carbons (Fsp3) is 0.364. The van der Waals surface area contributed by atoms with E-state index in [-0.39, 0.29) is 5.75 Å². The Bertz CT molecular complexity index is 374. The van der Waals surface area contributed by atoms with Crippen molar-refractivity contribution in [3.8, 4) is 5.75 Å². The van der Waals surface area contributed by atoms with E-state index in [4.69, 9.17) is 0 Å². The summed E-state index contributed by atoms with van der Waals surface area (Å²) in [6.07, 6.45) is 2.29. The molecule has 0 spiro atoms. The molecular weight excluding hydrogens is 244 g/mol. The summed E-state index contributed by atoms with van der Waals surface area (Å²) in [4.78, 5) is 11.1. The van der Waals surface area contributed by atoms with Crippen LogP contribution in [0.1, 0.15) is 30.7 Å². The predicted octanol–water partition coefficient (Wildman–Crippen LogP) is 2.99. The monoisotopic (exact) mass is 254 g/mol. The molecule has 1 atom stereocenters. The first kappa shape index (κ1) is 9.71. The van der Waals surface area contributed by atoms with Crippen LogP contribution in [0.15, 0.2) is 22.7 Å². The Morgan fingerprint density at radius 2 is 2.21 bits per heavy atom. The van der Waals surface area contributed by atoms with Gasteiger partial charge in [0.2, 0.25) is 0 Å². The zero-order chi connectivity index (χ0) is 10.1. The summed E-state index contributed by atoms with van der Waals surface area (Å²) in [5.74, 6) is 0.941. The summed E-state index contributed by atoms with van der Waals surface area (Å²) in [6, 6.07) is 5.46. The van der Waals surface area contributed by atoms with Crippen molar-refractivity contribution in [1.29, 1.82) is 0 Å². The van der Waals surface area contributed by atoms with Gasteiger partial charge in [0.25, 0.3) is 0 Å². The molecule has 0 radical (unpaired) electrons. The normalized spacial score (nSPS) is 21.5. The molecule has 0 amide bonds. The van der Waals surface area contributed by atoms with Crippen LogP contribution in [-0.4, -0.2) is 10.9 Å². The number of hydrogen-bond acceptors (Lipinski definition) is 2. The van der Waals surface area contributed by atoms with Gasteiger partial charge < -0.3 is 5.11 Å². The van der Waals surface area contributed by atoms with E-state index in [0.29, 0.717) is 29.0 Å². The molecule has 0 aliphatic heterocycles. The molecule has 1 aromatic carbocycles. The number of halogens is 1. The van der Waals surface area contributed by atoms with Gasteiger partial charge in [-0.05, 0) is 46.0 Å². The van der Waals surface area contributed by atoms with E-state index in [9.17, 15) is 9.90 Å². The highest BCUT2D eigenvalue weighted by Crippen LogP contribution is 2.35. The summed E-state index contributed by atoms with van der Waals surface area (Å²) in [5, 5.41) is 9.32. The molecule has 1 N–H and O–H groups in total.